The van der Waals surface area contributed by atoms with Gasteiger partial charge in [0.2, 0.25) is 5.95 Å². The lowest BCUT2D eigenvalue weighted by Crippen LogP contribution is -2.03. The van der Waals surface area contributed by atoms with Gasteiger partial charge in [0, 0.05) is 27.6 Å². The molecule has 0 spiro atoms. The smallest absolute Gasteiger partial charge is 0.337 e. The van der Waals surface area contributed by atoms with Gasteiger partial charge in [0.25, 0.3) is 0 Å². The maximum absolute atomic E-state index is 11.8. The fourth-order valence-electron chi connectivity index (χ4n) is 3.57. The van der Waals surface area contributed by atoms with E-state index in [1.807, 2.05) is 71.4 Å². The van der Waals surface area contributed by atoms with Crippen LogP contribution < -0.4 is 0 Å². The number of esters is 1. The molecular weight excluding hydrogens is 398 g/mol. The fraction of sp³-hybridized carbons (Fsp3) is 0.0417. The zero-order valence-electron chi connectivity index (χ0n) is 16.0. The third kappa shape index (κ3) is 3.09. The number of hydrogen-bond acceptors (Lipinski definition) is 4. The minimum absolute atomic E-state index is 0.366. The van der Waals surface area contributed by atoms with Crippen LogP contribution in [0.3, 0.4) is 0 Å². The van der Waals surface area contributed by atoms with E-state index in [4.69, 9.17) is 26.3 Å². The number of ether oxygens (including phenoxy) is 1. The molecule has 0 unspecified atom stereocenters. The van der Waals surface area contributed by atoms with Crippen LogP contribution in [0, 0.1) is 0 Å². The van der Waals surface area contributed by atoms with Gasteiger partial charge in [-0.3, -0.25) is 4.57 Å². The summed E-state index contributed by atoms with van der Waals surface area (Å²) in [7, 11) is 1.37. The highest BCUT2D eigenvalue weighted by Gasteiger charge is 2.14. The largest absolute Gasteiger partial charge is 0.465 e. The van der Waals surface area contributed by atoms with E-state index in [1.54, 1.807) is 12.1 Å². The monoisotopic (exact) mass is 413 g/mol. The lowest BCUT2D eigenvalue weighted by molar-refractivity contribution is 0.0601. The number of carbonyl (C=O) groups is 1. The van der Waals surface area contributed by atoms with Crippen LogP contribution in [0.5, 0.6) is 0 Å². The van der Waals surface area contributed by atoms with Crippen molar-refractivity contribution in [2.24, 2.45) is 0 Å². The summed E-state index contributed by atoms with van der Waals surface area (Å²) < 4.78 is 6.73. The summed E-state index contributed by atoms with van der Waals surface area (Å²) in [4.78, 5) is 21.5. The van der Waals surface area contributed by atoms with E-state index >= 15 is 0 Å². The Hall–Kier alpha value is -3.70. The maximum Gasteiger partial charge on any atom is 0.337 e. The van der Waals surface area contributed by atoms with Gasteiger partial charge >= 0.3 is 5.97 Å². The Labute approximate surface area is 177 Å². The van der Waals surface area contributed by atoms with Crippen molar-refractivity contribution in [1.82, 2.24) is 14.5 Å². The molecule has 0 aliphatic rings. The van der Waals surface area contributed by atoms with Crippen molar-refractivity contribution in [3.05, 3.63) is 89.6 Å². The van der Waals surface area contributed by atoms with Crippen LogP contribution in [-0.4, -0.2) is 27.6 Å². The topological polar surface area (TPSA) is 57.0 Å². The number of methoxy groups -OCH3 is 1. The minimum atomic E-state index is -0.366. The highest BCUT2D eigenvalue weighted by Crippen LogP contribution is 2.30. The number of carbonyl (C=O) groups excluding carboxylic acids is 1. The zero-order valence-corrected chi connectivity index (χ0v) is 16.8. The molecule has 2 aromatic heterocycles. The number of hydrogen-bond donors (Lipinski definition) is 0. The molecular formula is C24H16ClN3O2. The quantitative estimate of drug-likeness (QED) is 0.357. The van der Waals surface area contributed by atoms with E-state index in [0.29, 0.717) is 16.5 Å². The molecule has 5 aromatic rings. The second kappa shape index (κ2) is 7.28. The Kier molecular flexibility index (Phi) is 4.45. The third-order valence-corrected chi connectivity index (χ3v) is 5.26. The van der Waals surface area contributed by atoms with Crippen LogP contribution in [0.2, 0.25) is 5.02 Å². The van der Waals surface area contributed by atoms with Crippen LogP contribution in [0.15, 0.2) is 79.0 Å². The van der Waals surface area contributed by atoms with Crippen LogP contribution >= 0.6 is 11.6 Å². The highest BCUT2D eigenvalue weighted by atomic mass is 35.5. The van der Waals surface area contributed by atoms with Crippen molar-refractivity contribution in [2.75, 3.05) is 7.11 Å². The van der Waals surface area contributed by atoms with Crippen LogP contribution in [-0.2, 0) is 4.74 Å². The first-order valence-electron chi connectivity index (χ1n) is 9.36. The normalized spacial score (nSPS) is 11.1. The fourth-order valence-corrected chi connectivity index (χ4v) is 3.75. The van der Waals surface area contributed by atoms with Crippen molar-refractivity contribution in [2.45, 2.75) is 0 Å². The molecule has 30 heavy (non-hydrogen) atoms. The Bertz CT molecular complexity index is 1410. The van der Waals surface area contributed by atoms with Gasteiger partial charge in [-0.2, -0.15) is 0 Å². The molecule has 5 nitrogen and oxygen atoms in total. The van der Waals surface area contributed by atoms with E-state index in [-0.39, 0.29) is 5.97 Å². The third-order valence-electron chi connectivity index (χ3n) is 5.02. The number of halogens is 1. The first-order valence-corrected chi connectivity index (χ1v) is 9.74. The Balaban J connectivity index is 1.74. The van der Waals surface area contributed by atoms with Gasteiger partial charge < -0.3 is 4.74 Å². The molecule has 0 radical (unpaired) electrons. The van der Waals surface area contributed by atoms with E-state index in [2.05, 4.69) is 0 Å². The molecule has 0 atom stereocenters. The van der Waals surface area contributed by atoms with Gasteiger partial charge in [0.1, 0.15) is 0 Å². The van der Waals surface area contributed by atoms with Crippen molar-refractivity contribution < 1.29 is 9.53 Å². The first kappa shape index (κ1) is 18.3. The molecule has 0 N–H and O–H groups in total. The predicted molar refractivity (Wildman–Crippen MR) is 118 cm³/mol. The zero-order chi connectivity index (χ0) is 20.7. The van der Waals surface area contributed by atoms with E-state index in [1.165, 1.54) is 7.11 Å². The number of rotatable bonds is 3. The van der Waals surface area contributed by atoms with Crippen molar-refractivity contribution >= 4 is 39.4 Å². The lowest BCUT2D eigenvalue weighted by atomic mass is 10.1. The lowest BCUT2D eigenvalue weighted by Gasteiger charge is -2.11. The molecule has 0 aliphatic carbocycles. The average molecular weight is 414 g/mol. The summed E-state index contributed by atoms with van der Waals surface area (Å²) in [5.41, 5.74) is 4.00. The molecule has 5 rings (SSSR count). The summed E-state index contributed by atoms with van der Waals surface area (Å²) in [6.45, 7) is 0. The van der Waals surface area contributed by atoms with Gasteiger partial charge in [-0.05, 0) is 42.5 Å². The molecule has 0 saturated carbocycles. The summed E-state index contributed by atoms with van der Waals surface area (Å²) >= 11 is 6.25. The van der Waals surface area contributed by atoms with E-state index in [0.717, 1.165) is 33.1 Å². The summed E-state index contributed by atoms with van der Waals surface area (Å²) in [6, 6.07) is 22.9. The van der Waals surface area contributed by atoms with Crippen LogP contribution in [0.4, 0.5) is 0 Å². The molecule has 3 aromatic carbocycles. The van der Waals surface area contributed by atoms with Gasteiger partial charge in [0.15, 0.2) is 0 Å². The van der Waals surface area contributed by atoms with Gasteiger partial charge in [-0.15, -0.1) is 0 Å². The van der Waals surface area contributed by atoms with Gasteiger partial charge in [-0.1, -0.05) is 41.9 Å². The average Bonchev–Trinajstić information content (AvgIpc) is 3.21. The molecule has 0 bridgehead atoms. The summed E-state index contributed by atoms with van der Waals surface area (Å²) in [5, 5.41) is 2.43. The predicted octanol–water partition coefficient (Wildman–Crippen LogP) is 5.68. The van der Waals surface area contributed by atoms with E-state index < -0.39 is 0 Å². The Morgan fingerprint density at radius 1 is 0.967 bits per heavy atom. The van der Waals surface area contributed by atoms with Crippen molar-refractivity contribution in [3.63, 3.8) is 0 Å². The maximum atomic E-state index is 11.8. The van der Waals surface area contributed by atoms with Gasteiger partial charge in [0.05, 0.1) is 29.4 Å². The second-order valence-electron chi connectivity index (χ2n) is 6.85. The molecule has 0 saturated heterocycles. The Morgan fingerprint density at radius 3 is 2.60 bits per heavy atom. The molecule has 0 aliphatic heterocycles. The van der Waals surface area contributed by atoms with Crippen LogP contribution in [0.1, 0.15) is 10.4 Å². The summed E-state index contributed by atoms with van der Waals surface area (Å²) in [6.07, 6.45) is 1.90. The highest BCUT2D eigenvalue weighted by molar-refractivity contribution is 6.31. The molecule has 0 fully saturated rings. The first-order chi connectivity index (χ1) is 14.6. The number of nitrogens with zero attached hydrogens (tertiary/aromatic N) is 3. The minimum Gasteiger partial charge on any atom is -0.465 e. The standard InChI is InChI=1S/C24H16ClN3O2/c1-30-23(29)17-7-10-21-16(13-17)11-12-28(21)24-26-20-9-8-18(25)14-19(20)22(27-24)15-5-3-2-4-6-15/h2-14H,1H3. The molecule has 146 valence electrons. The number of fused-ring (bicyclic) bond motifs is 2. The van der Waals surface area contributed by atoms with Gasteiger partial charge in [-0.25, -0.2) is 14.8 Å². The van der Waals surface area contributed by atoms with E-state index in [9.17, 15) is 4.79 Å². The number of benzene rings is 3. The molecule has 6 heteroatoms. The number of aromatic nitrogens is 3. The summed E-state index contributed by atoms with van der Waals surface area (Å²) in [5.74, 6) is 0.180. The Morgan fingerprint density at radius 2 is 1.80 bits per heavy atom. The van der Waals surface area contributed by atoms with Crippen molar-refractivity contribution in [1.29, 1.82) is 0 Å². The molecule has 0 amide bonds. The SMILES string of the molecule is COC(=O)c1ccc2c(ccn2-c2nc(-c3ccccc3)c3cc(Cl)ccc3n2)c1. The van der Waals surface area contributed by atoms with Crippen LogP contribution in [0.25, 0.3) is 39.0 Å². The molecule has 2 heterocycles. The van der Waals surface area contributed by atoms with Crippen molar-refractivity contribution in [3.8, 4) is 17.2 Å². The second-order valence-corrected chi connectivity index (χ2v) is 7.29.